The molecule has 0 amide bonds. The molecule has 0 atom stereocenters. The number of hydrogen-bond acceptors (Lipinski definition) is 0. The molecule has 29 heavy (non-hydrogen) atoms. The van der Waals surface area contributed by atoms with E-state index in [-0.39, 0.29) is 0 Å². The van der Waals surface area contributed by atoms with Crippen molar-refractivity contribution in [3.8, 4) is 11.8 Å². The molecule has 0 aliphatic carbocycles. The van der Waals surface area contributed by atoms with Crippen molar-refractivity contribution < 1.29 is 0 Å². The second kappa shape index (κ2) is 8.91. The Kier molecular flexibility index (Phi) is 5.90. The van der Waals surface area contributed by atoms with E-state index in [2.05, 4.69) is 134 Å². The van der Waals surface area contributed by atoms with Crippen molar-refractivity contribution in [2.45, 2.75) is 6.92 Å². The Labute approximate surface area is 174 Å². The molecular formula is C28H24P+. The van der Waals surface area contributed by atoms with Gasteiger partial charge in [0.25, 0.3) is 0 Å². The molecule has 0 fully saturated rings. The third-order valence-electron chi connectivity index (χ3n) is 5.19. The van der Waals surface area contributed by atoms with E-state index in [0.29, 0.717) is 0 Å². The zero-order valence-electron chi connectivity index (χ0n) is 16.6. The van der Waals surface area contributed by atoms with Gasteiger partial charge in [0.05, 0.1) is 0 Å². The van der Waals surface area contributed by atoms with E-state index in [1.54, 1.807) is 0 Å². The molecule has 0 saturated carbocycles. The van der Waals surface area contributed by atoms with Crippen molar-refractivity contribution >= 4 is 23.2 Å². The van der Waals surface area contributed by atoms with Crippen molar-refractivity contribution in [1.29, 1.82) is 0 Å². The molecule has 1 heteroatoms. The van der Waals surface area contributed by atoms with Crippen LogP contribution in [0.5, 0.6) is 0 Å². The summed E-state index contributed by atoms with van der Waals surface area (Å²) in [4.78, 5) is 0. The highest BCUT2D eigenvalue weighted by Gasteiger charge is 2.44. The van der Waals surface area contributed by atoms with E-state index >= 15 is 0 Å². The minimum Gasteiger partial charge on any atom is -0.0632 e. The van der Waals surface area contributed by atoms with E-state index in [9.17, 15) is 0 Å². The average Bonchev–Trinajstić information content (AvgIpc) is 2.80. The molecule has 0 heterocycles. The molecule has 0 saturated heterocycles. The Bertz CT molecular complexity index is 1010. The first-order valence-corrected chi connectivity index (χ1v) is 11.9. The van der Waals surface area contributed by atoms with Crippen molar-refractivity contribution in [3.63, 3.8) is 0 Å². The average molecular weight is 391 g/mol. The highest BCUT2D eigenvalue weighted by Crippen LogP contribution is 2.54. The van der Waals surface area contributed by atoms with Gasteiger partial charge in [-0.25, -0.2) is 0 Å². The van der Waals surface area contributed by atoms with Crippen LogP contribution in [0.2, 0.25) is 0 Å². The van der Waals surface area contributed by atoms with Gasteiger partial charge in [-0.2, -0.15) is 0 Å². The van der Waals surface area contributed by atoms with Crippen LogP contribution in [0.4, 0.5) is 0 Å². The molecule has 0 nitrogen and oxygen atoms in total. The lowest BCUT2D eigenvalue weighted by Crippen LogP contribution is -2.33. The molecule has 0 aromatic heterocycles. The quantitative estimate of drug-likeness (QED) is 0.325. The summed E-state index contributed by atoms with van der Waals surface area (Å²) in [6.07, 6.45) is 0.818. The maximum atomic E-state index is 3.56. The van der Waals surface area contributed by atoms with Crippen molar-refractivity contribution in [1.82, 2.24) is 0 Å². The van der Waals surface area contributed by atoms with Gasteiger partial charge in [0, 0.05) is 5.56 Å². The van der Waals surface area contributed by atoms with Crippen LogP contribution in [0, 0.1) is 18.8 Å². The Balaban J connectivity index is 1.87. The summed E-state index contributed by atoms with van der Waals surface area (Å²) in [6.45, 7) is 2.11. The molecule has 0 unspecified atom stereocenters. The van der Waals surface area contributed by atoms with Crippen LogP contribution >= 0.6 is 7.26 Å². The van der Waals surface area contributed by atoms with Gasteiger partial charge in [-0.1, -0.05) is 84.1 Å². The standard InChI is InChI=1S/C28H24P/c1-24-19-21-25(22-20-24)12-11-23-29(26-13-5-2-6-14-26,27-15-7-3-8-16-27)28-17-9-4-10-18-28/h2-10,13-22H,23H2,1H3/q+1. The third kappa shape index (κ3) is 4.17. The van der Waals surface area contributed by atoms with Gasteiger partial charge >= 0.3 is 0 Å². The summed E-state index contributed by atoms with van der Waals surface area (Å²) < 4.78 is 0. The monoisotopic (exact) mass is 391 g/mol. The Morgan fingerprint density at radius 2 is 0.966 bits per heavy atom. The SMILES string of the molecule is Cc1ccc(C#CC[P+](c2ccccc2)(c2ccccc2)c2ccccc2)cc1. The van der Waals surface area contributed by atoms with Crippen LogP contribution < -0.4 is 15.9 Å². The van der Waals surface area contributed by atoms with Gasteiger partial charge in [-0.05, 0) is 55.5 Å². The molecule has 0 N–H and O–H groups in total. The van der Waals surface area contributed by atoms with E-state index in [4.69, 9.17) is 0 Å². The predicted molar refractivity (Wildman–Crippen MR) is 128 cm³/mol. The fourth-order valence-electron chi connectivity index (χ4n) is 3.67. The molecule has 4 rings (SSSR count). The summed E-state index contributed by atoms with van der Waals surface area (Å²) in [7, 11) is -1.87. The molecule has 0 bridgehead atoms. The maximum absolute atomic E-state index is 3.56. The molecule has 0 aliphatic heterocycles. The molecule has 140 valence electrons. The van der Waals surface area contributed by atoms with Gasteiger partial charge in [0.15, 0.2) is 0 Å². The van der Waals surface area contributed by atoms with E-state index in [1.165, 1.54) is 21.5 Å². The number of benzene rings is 4. The summed E-state index contributed by atoms with van der Waals surface area (Å²) >= 11 is 0. The first-order valence-electron chi connectivity index (χ1n) is 9.89. The van der Waals surface area contributed by atoms with E-state index in [0.717, 1.165) is 11.7 Å². The largest absolute Gasteiger partial charge is 0.134 e. The Morgan fingerprint density at radius 3 is 1.38 bits per heavy atom. The van der Waals surface area contributed by atoms with Crippen LogP contribution in [0.1, 0.15) is 11.1 Å². The van der Waals surface area contributed by atoms with Gasteiger partial charge < -0.3 is 0 Å². The van der Waals surface area contributed by atoms with E-state index < -0.39 is 7.26 Å². The summed E-state index contributed by atoms with van der Waals surface area (Å²) in [6, 6.07) is 41.2. The highest BCUT2D eigenvalue weighted by atomic mass is 31.2. The third-order valence-corrected chi connectivity index (χ3v) is 9.36. The van der Waals surface area contributed by atoms with Gasteiger partial charge in [-0.15, -0.1) is 0 Å². The number of aryl methyl sites for hydroxylation is 1. The van der Waals surface area contributed by atoms with Gasteiger partial charge in [0.2, 0.25) is 0 Å². The Hall–Kier alpha value is -3.13. The van der Waals surface area contributed by atoms with Gasteiger partial charge in [-0.3, -0.25) is 0 Å². The zero-order valence-corrected chi connectivity index (χ0v) is 17.5. The predicted octanol–water partition coefficient (Wildman–Crippen LogP) is 5.34. The molecule has 4 aromatic rings. The maximum Gasteiger partial charge on any atom is 0.134 e. The topological polar surface area (TPSA) is 0 Å². The molecule has 4 aromatic carbocycles. The lowest BCUT2D eigenvalue weighted by molar-refractivity contribution is 1.46. The number of hydrogen-bond donors (Lipinski definition) is 0. The number of rotatable bonds is 4. The zero-order chi connectivity index (χ0) is 19.9. The van der Waals surface area contributed by atoms with Crippen molar-refractivity contribution in [3.05, 3.63) is 126 Å². The van der Waals surface area contributed by atoms with Crippen LogP contribution in [-0.2, 0) is 0 Å². The minimum atomic E-state index is -1.87. The molecular weight excluding hydrogens is 367 g/mol. The second-order valence-corrected chi connectivity index (χ2v) is 10.6. The second-order valence-electron chi connectivity index (χ2n) is 7.14. The van der Waals surface area contributed by atoms with Crippen molar-refractivity contribution in [2.75, 3.05) is 6.16 Å². The lowest BCUT2D eigenvalue weighted by Gasteiger charge is -2.25. The first kappa shape index (κ1) is 19.2. The smallest absolute Gasteiger partial charge is 0.0632 e. The van der Waals surface area contributed by atoms with Crippen LogP contribution in [0.15, 0.2) is 115 Å². The molecule has 0 aliphatic rings. The Morgan fingerprint density at radius 1 is 0.552 bits per heavy atom. The summed E-state index contributed by atoms with van der Waals surface area (Å²) in [5.74, 6) is 6.97. The summed E-state index contributed by atoms with van der Waals surface area (Å²) in [5, 5.41) is 4.11. The molecule has 0 radical (unpaired) electrons. The lowest BCUT2D eigenvalue weighted by atomic mass is 10.2. The fraction of sp³-hybridized carbons (Fsp3) is 0.0714. The van der Waals surface area contributed by atoms with Crippen LogP contribution in [0.25, 0.3) is 0 Å². The van der Waals surface area contributed by atoms with Crippen molar-refractivity contribution in [2.24, 2.45) is 0 Å². The van der Waals surface area contributed by atoms with Gasteiger partial charge in [0.1, 0.15) is 29.3 Å². The first-order chi connectivity index (χ1) is 14.3. The fourth-order valence-corrected chi connectivity index (χ4v) is 7.47. The highest BCUT2D eigenvalue weighted by molar-refractivity contribution is 7.95. The van der Waals surface area contributed by atoms with Crippen LogP contribution in [0.3, 0.4) is 0 Å². The molecule has 0 spiro atoms. The normalized spacial score (nSPS) is 10.8. The summed E-state index contributed by atoms with van der Waals surface area (Å²) in [5.41, 5.74) is 2.33. The van der Waals surface area contributed by atoms with E-state index in [1.807, 2.05) is 0 Å². The van der Waals surface area contributed by atoms with Crippen LogP contribution in [-0.4, -0.2) is 6.16 Å². The minimum absolute atomic E-state index is 0.818.